The second-order valence-corrected chi connectivity index (χ2v) is 8.24. The van der Waals surface area contributed by atoms with Crippen LogP contribution in [0, 0.1) is 5.82 Å². The van der Waals surface area contributed by atoms with Crippen LogP contribution in [0.5, 0.6) is 0 Å². The molecule has 0 spiro atoms. The molecule has 0 amide bonds. The van der Waals surface area contributed by atoms with Crippen LogP contribution in [0.15, 0.2) is 43.9 Å². The third-order valence-corrected chi connectivity index (χ3v) is 6.93. The number of dihydropyridines is 1. The van der Waals surface area contributed by atoms with Crippen molar-refractivity contribution in [1.29, 1.82) is 0 Å². The Bertz CT molecular complexity index is 623. The molecule has 3 heterocycles. The summed E-state index contributed by atoms with van der Waals surface area (Å²) in [6.07, 6.45) is 2.25. The van der Waals surface area contributed by atoms with Crippen LogP contribution in [0.3, 0.4) is 0 Å². The molecule has 0 fully saturated rings. The van der Waals surface area contributed by atoms with Crippen molar-refractivity contribution in [3.8, 4) is 0 Å². The van der Waals surface area contributed by atoms with E-state index in [0.29, 0.717) is 10.4 Å². The van der Waals surface area contributed by atoms with Crippen molar-refractivity contribution in [2.75, 3.05) is 11.5 Å². The van der Waals surface area contributed by atoms with E-state index in [9.17, 15) is 4.39 Å². The lowest BCUT2D eigenvalue weighted by molar-refractivity contribution is 0.620. The maximum atomic E-state index is 13.5. The maximum Gasteiger partial charge on any atom is 0.137 e. The summed E-state index contributed by atoms with van der Waals surface area (Å²) < 4.78 is 14.1. The minimum Gasteiger partial charge on any atom is -0.361 e. The van der Waals surface area contributed by atoms with Gasteiger partial charge in [0, 0.05) is 38.6 Å². The molecule has 20 heavy (non-hydrogen) atoms. The average Bonchev–Trinajstić information content (AvgIpc) is 3.07. The van der Waals surface area contributed by atoms with E-state index in [4.69, 9.17) is 0 Å². The van der Waals surface area contributed by atoms with Crippen LogP contribution in [0.25, 0.3) is 0 Å². The predicted molar refractivity (Wildman–Crippen MR) is 88.2 cm³/mol. The molecule has 0 aliphatic carbocycles. The smallest absolute Gasteiger partial charge is 0.137 e. The molecule has 1 aromatic carbocycles. The summed E-state index contributed by atoms with van der Waals surface area (Å²) in [4.78, 5) is 2.88. The first-order valence-electron chi connectivity index (χ1n) is 6.67. The number of halogens is 2. The van der Waals surface area contributed by atoms with Crippen molar-refractivity contribution in [1.82, 2.24) is 5.32 Å². The van der Waals surface area contributed by atoms with Crippen LogP contribution in [-0.4, -0.2) is 11.5 Å². The average molecular weight is 370 g/mol. The second-order valence-electron chi connectivity index (χ2n) is 5.11. The van der Waals surface area contributed by atoms with E-state index in [-0.39, 0.29) is 5.82 Å². The molecule has 5 heteroatoms. The number of nitrogens with one attached hydrogen (secondary N) is 1. The highest BCUT2D eigenvalue weighted by molar-refractivity contribution is 9.10. The number of hydrogen-bond donors (Lipinski definition) is 1. The first kappa shape index (κ1) is 13.3. The molecule has 1 N–H and O–H groups in total. The molecule has 1 nitrogen and oxygen atoms in total. The highest BCUT2D eigenvalue weighted by atomic mass is 79.9. The van der Waals surface area contributed by atoms with E-state index in [1.807, 2.05) is 35.7 Å². The number of benzene rings is 1. The van der Waals surface area contributed by atoms with Crippen molar-refractivity contribution < 1.29 is 4.39 Å². The van der Waals surface area contributed by atoms with Gasteiger partial charge in [0.05, 0.1) is 4.47 Å². The predicted octanol–water partition coefficient (Wildman–Crippen LogP) is 4.97. The van der Waals surface area contributed by atoms with Crippen molar-refractivity contribution in [3.05, 3.63) is 55.3 Å². The Hall–Kier alpha value is -0.390. The standard InChI is InChI=1S/C15H13BrFNS2/c16-9-7-8(1-2-10(9)17)13-14-11(3-5-19-14)18-12-4-6-20-15(12)13/h1-2,7,13,18H,3-6H2. The van der Waals surface area contributed by atoms with Crippen LogP contribution in [0.2, 0.25) is 0 Å². The number of thioether (sulfide) groups is 2. The fraction of sp³-hybridized carbons (Fsp3) is 0.333. The fourth-order valence-electron chi connectivity index (χ4n) is 3.01. The normalized spacial score (nSPS) is 22.1. The first-order valence-corrected chi connectivity index (χ1v) is 9.44. The minimum absolute atomic E-state index is 0.191. The van der Waals surface area contributed by atoms with Gasteiger partial charge >= 0.3 is 0 Å². The molecule has 0 atom stereocenters. The van der Waals surface area contributed by atoms with Gasteiger partial charge in [-0.3, -0.25) is 0 Å². The zero-order chi connectivity index (χ0) is 13.7. The molecule has 0 saturated heterocycles. The summed E-state index contributed by atoms with van der Waals surface area (Å²) in [7, 11) is 0. The van der Waals surface area contributed by atoms with Crippen LogP contribution < -0.4 is 5.32 Å². The largest absolute Gasteiger partial charge is 0.361 e. The lowest BCUT2D eigenvalue weighted by Gasteiger charge is -2.28. The van der Waals surface area contributed by atoms with Gasteiger partial charge in [-0.25, -0.2) is 4.39 Å². The molecule has 0 saturated carbocycles. The molecule has 4 rings (SSSR count). The van der Waals surface area contributed by atoms with E-state index >= 15 is 0 Å². The third kappa shape index (κ3) is 2.06. The lowest BCUT2D eigenvalue weighted by atomic mass is 9.93. The molecule has 3 aliphatic heterocycles. The Balaban J connectivity index is 1.83. The fourth-order valence-corrected chi connectivity index (χ4v) is 6.03. The molecule has 0 unspecified atom stereocenters. The van der Waals surface area contributed by atoms with Gasteiger partial charge in [-0.2, -0.15) is 0 Å². The Morgan fingerprint density at radius 3 is 2.35 bits per heavy atom. The van der Waals surface area contributed by atoms with E-state index in [1.54, 1.807) is 6.07 Å². The Morgan fingerprint density at radius 2 is 1.75 bits per heavy atom. The van der Waals surface area contributed by atoms with Crippen molar-refractivity contribution in [3.63, 3.8) is 0 Å². The molecular formula is C15H13BrFNS2. The quantitative estimate of drug-likeness (QED) is 0.750. The van der Waals surface area contributed by atoms with Crippen LogP contribution >= 0.6 is 39.5 Å². The monoisotopic (exact) mass is 369 g/mol. The van der Waals surface area contributed by atoms with Crippen molar-refractivity contribution in [2.24, 2.45) is 0 Å². The van der Waals surface area contributed by atoms with Gasteiger partial charge in [0.2, 0.25) is 0 Å². The number of allylic oxidation sites excluding steroid dienone is 4. The molecular weight excluding hydrogens is 357 g/mol. The van der Waals surface area contributed by atoms with Crippen molar-refractivity contribution >= 4 is 39.5 Å². The summed E-state index contributed by atoms with van der Waals surface area (Å²) >= 11 is 7.22. The van der Waals surface area contributed by atoms with Crippen LogP contribution in [-0.2, 0) is 0 Å². The van der Waals surface area contributed by atoms with E-state index in [2.05, 4.69) is 21.2 Å². The second kappa shape index (κ2) is 5.11. The Labute approximate surface area is 134 Å². The SMILES string of the molecule is Fc1ccc(C2C3=C(CCS3)NC3=C2SCC3)cc1Br. The lowest BCUT2D eigenvalue weighted by Crippen LogP contribution is -2.21. The number of rotatable bonds is 1. The zero-order valence-electron chi connectivity index (χ0n) is 10.7. The summed E-state index contributed by atoms with van der Waals surface area (Å²) in [5.74, 6) is 2.44. The van der Waals surface area contributed by atoms with Crippen LogP contribution in [0.1, 0.15) is 24.3 Å². The molecule has 0 bridgehead atoms. The number of hydrogen-bond acceptors (Lipinski definition) is 3. The summed E-state index contributed by atoms with van der Waals surface area (Å²) in [6.45, 7) is 0. The van der Waals surface area contributed by atoms with Crippen molar-refractivity contribution in [2.45, 2.75) is 18.8 Å². The highest BCUT2D eigenvalue weighted by Gasteiger charge is 2.36. The molecule has 0 radical (unpaired) electrons. The van der Waals surface area contributed by atoms with Gasteiger partial charge in [-0.1, -0.05) is 6.07 Å². The van der Waals surface area contributed by atoms with Gasteiger partial charge in [0.25, 0.3) is 0 Å². The molecule has 104 valence electrons. The van der Waals surface area contributed by atoms with Crippen LogP contribution in [0.4, 0.5) is 4.39 Å². The highest BCUT2D eigenvalue weighted by Crippen LogP contribution is 2.53. The first-order chi connectivity index (χ1) is 9.74. The third-order valence-electron chi connectivity index (χ3n) is 3.92. The van der Waals surface area contributed by atoms with Gasteiger partial charge in [-0.05, 0) is 46.5 Å². The molecule has 1 aromatic rings. The minimum atomic E-state index is -0.191. The van der Waals surface area contributed by atoms with Gasteiger partial charge in [0.1, 0.15) is 5.82 Å². The summed E-state index contributed by atoms with van der Waals surface area (Å²) in [6, 6.07) is 5.45. The molecule has 3 aliphatic rings. The van der Waals surface area contributed by atoms with Gasteiger partial charge in [0.15, 0.2) is 0 Å². The maximum absolute atomic E-state index is 13.5. The summed E-state index contributed by atoms with van der Waals surface area (Å²) in [5.41, 5.74) is 3.98. The van der Waals surface area contributed by atoms with E-state index in [1.165, 1.54) is 26.8 Å². The topological polar surface area (TPSA) is 12.0 Å². The Kier molecular flexibility index (Phi) is 3.39. The molecule has 0 aromatic heterocycles. The zero-order valence-corrected chi connectivity index (χ0v) is 13.9. The van der Waals surface area contributed by atoms with E-state index < -0.39 is 0 Å². The summed E-state index contributed by atoms with van der Waals surface area (Å²) in [5, 5.41) is 3.63. The Morgan fingerprint density at radius 1 is 1.10 bits per heavy atom. The van der Waals surface area contributed by atoms with Gasteiger partial charge in [-0.15, -0.1) is 23.5 Å². The van der Waals surface area contributed by atoms with Gasteiger partial charge < -0.3 is 5.32 Å². The van der Waals surface area contributed by atoms with E-state index in [0.717, 1.165) is 24.3 Å².